The molecule has 1 aromatic heterocycles. The maximum absolute atomic E-state index is 14.9. The Morgan fingerprint density at radius 3 is 2.75 bits per heavy atom. The summed E-state index contributed by atoms with van der Waals surface area (Å²) < 4.78 is 59.7. The predicted molar refractivity (Wildman–Crippen MR) is 99.3 cm³/mol. The van der Waals surface area contributed by atoms with Crippen LogP contribution in [0.4, 0.5) is 17.6 Å². The van der Waals surface area contributed by atoms with Gasteiger partial charge in [-0.2, -0.15) is 13.2 Å². The smallest absolute Gasteiger partial charge is 0.379 e. The van der Waals surface area contributed by atoms with Crippen molar-refractivity contribution in [3.8, 4) is 11.1 Å². The van der Waals surface area contributed by atoms with E-state index < -0.39 is 23.1 Å². The number of nitrogens with two attached hydrogens (primary N) is 1. The highest BCUT2D eigenvalue weighted by atomic mass is 32.2. The Morgan fingerprint density at radius 2 is 2.00 bits per heavy atom. The zero-order valence-corrected chi connectivity index (χ0v) is 15.6. The van der Waals surface area contributed by atoms with Crippen molar-refractivity contribution in [2.24, 2.45) is 16.6 Å². The Kier molecular flexibility index (Phi) is 4.62. The van der Waals surface area contributed by atoms with Crippen LogP contribution in [0.15, 0.2) is 41.7 Å². The van der Waals surface area contributed by atoms with E-state index in [1.807, 2.05) is 6.92 Å². The molecule has 0 amide bonds. The Balaban J connectivity index is 1.84. The number of pyridine rings is 1. The van der Waals surface area contributed by atoms with Gasteiger partial charge in [-0.15, -0.1) is 0 Å². The molecular formula is C19H17F4N3OS. The topological polar surface area (TPSA) is 60.5 Å². The van der Waals surface area contributed by atoms with Crippen molar-refractivity contribution in [2.75, 3.05) is 12.4 Å². The summed E-state index contributed by atoms with van der Waals surface area (Å²) in [5, 5.41) is 0.347. The number of rotatable bonds is 2. The number of fused-ring (bicyclic) bond motifs is 1. The quantitative estimate of drug-likeness (QED) is 0.753. The van der Waals surface area contributed by atoms with E-state index in [0.29, 0.717) is 16.5 Å². The third-order valence-corrected chi connectivity index (χ3v) is 6.21. The van der Waals surface area contributed by atoms with Crippen molar-refractivity contribution in [3.05, 3.63) is 53.6 Å². The van der Waals surface area contributed by atoms with Crippen LogP contribution in [0.1, 0.15) is 18.1 Å². The molecule has 2 aromatic rings. The van der Waals surface area contributed by atoms with Gasteiger partial charge in [0.05, 0.1) is 18.3 Å². The van der Waals surface area contributed by atoms with Gasteiger partial charge in [-0.1, -0.05) is 17.8 Å². The van der Waals surface area contributed by atoms with Gasteiger partial charge >= 0.3 is 6.18 Å². The van der Waals surface area contributed by atoms with Crippen LogP contribution < -0.4 is 5.73 Å². The summed E-state index contributed by atoms with van der Waals surface area (Å²) in [5.74, 6) is 0.0506. The molecule has 0 radical (unpaired) electrons. The standard InChI is InChI=1S/C19H17F4N3OS/c1-10-15-8-28-17(24)26-18(15,9-27-10)14-5-11(2-3-16(14)20)12-4-13(7-25-6-12)19(21,22)23/h2-7,10,15H,8-9H2,1H3,(H2,24,26)/t10-,15-,18-/m1/s1. The minimum absolute atomic E-state index is 0.0887. The summed E-state index contributed by atoms with van der Waals surface area (Å²) in [4.78, 5) is 8.24. The third-order valence-electron chi connectivity index (χ3n) is 5.30. The number of hydrogen-bond acceptors (Lipinski definition) is 5. The van der Waals surface area contributed by atoms with Gasteiger partial charge in [0.2, 0.25) is 0 Å². The maximum atomic E-state index is 14.9. The number of halogens is 4. The predicted octanol–water partition coefficient (Wildman–Crippen LogP) is 4.20. The van der Waals surface area contributed by atoms with E-state index in [9.17, 15) is 17.6 Å². The lowest BCUT2D eigenvalue weighted by Crippen LogP contribution is -2.41. The fourth-order valence-electron chi connectivity index (χ4n) is 3.79. The third kappa shape index (κ3) is 3.16. The minimum Gasteiger partial charge on any atom is -0.379 e. The number of hydrogen-bond donors (Lipinski definition) is 1. The average molecular weight is 411 g/mol. The molecule has 0 aliphatic carbocycles. The first-order valence-electron chi connectivity index (χ1n) is 8.63. The monoisotopic (exact) mass is 411 g/mol. The van der Waals surface area contributed by atoms with Crippen LogP contribution in [-0.2, 0) is 16.5 Å². The van der Waals surface area contributed by atoms with E-state index in [-0.39, 0.29) is 29.8 Å². The van der Waals surface area contributed by atoms with E-state index in [1.165, 1.54) is 36.2 Å². The zero-order valence-electron chi connectivity index (χ0n) is 14.8. The summed E-state index contributed by atoms with van der Waals surface area (Å²) in [6.07, 6.45) is -2.56. The molecule has 4 rings (SSSR count). The van der Waals surface area contributed by atoms with Crippen LogP contribution in [-0.4, -0.2) is 28.6 Å². The molecular weight excluding hydrogens is 394 g/mol. The van der Waals surface area contributed by atoms with Gasteiger partial charge in [-0.05, 0) is 30.7 Å². The fourth-order valence-corrected chi connectivity index (χ4v) is 4.91. The molecule has 28 heavy (non-hydrogen) atoms. The van der Waals surface area contributed by atoms with Crippen LogP contribution in [0, 0.1) is 11.7 Å². The van der Waals surface area contributed by atoms with Gasteiger partial charge in [0.1, 0.15) is 11.4 Å². The molecule has 0 bridgehead atoms. The van der Waals surface area contributed by atoms with E-state index in [0.717, 1.165) is 12.3 Å². The molecule has 9 heteroatoms. The second kappa shape index (κ2) is 6.73. The van der Waals surface area contributed by atoms with Gasteiger partial charge in [0.15, 0.2) is 5.17 Å². The Bertz CT molecular complexity index is 949. The van der Waals surface area contributed by atoms with E-state index >= 15 is 0 Å². The molecule has 1 aromatic carbocycles. The molecule has 2 N–H and O–H groups in total. The van der Waals surface area contributed by atoms with Gasteiger partial charge in [0.25, 0.3) is 0 Å². The van der Waals surface area contributed by atoms with Gasteiger partial charge in [-0.25, -0.2) is 9.38 Å². The molecule has 2 aliphatic rings. The normalized spacial score (nSPS) is 27.4. The van der Waals surface area contributed by atoms with Gasteiger partial charge < -0.3 is 10.5 Å². The maximum Gasteiger partial charge on any atom is 0.417 e. The van der Waals surface area contributed by atoms with E-state index in [1.54, 1.807) is 0 Å². The van der Waals surface area contributed by atoms with Crippen molar-refractivity contribution in [1.82, 2.24) is 4.98 Å². The molecule has 4 nitrogen and oxygen atoms in total. The molecule has 0 unspecified atom stereocenters. The summed E-state index contributed by atoms with van der Waals surface area (Å²) in [5.41, 5.74) is 5.03. The first-order valence-corrected chi connectivity index (χ1v) is 9.61. The lowest BCUT2D eigenvalue weighted by molar-refractivity contribution is -0.137. The van der Waals surface area contributed by atoms with Crippen molar-refractivity contribution >= 4 is 16.9 Å². The number of thioether (sulfide) groups is 1. The van der Waals surface area contributed by atoms with Crippen LogP contribution >= 0.6 is 11.8 Å². The highest BCUT2D eigenvalue weighted by Crippen LogP contribution is 2.48. The molecule has 3 atom stereocenters. The number of ether oxygens (including phenoxy) is 1. The first kappa shape index (κ1) is 19.2. The van der Waals surface area contributed by atoms with Gasteiger partial charge in [-0.3, -0.25) is 4.98 Å². The first-order chi connectivity index (χ1) is 13.2. The number of nitrogens with zero attached hydrogens (tertiary/aromatic N) is 2. The second-order valence-corrected chi connectivity index (χ2v) is 8.00. The number of alkyl halides is 3. The molecule has 148 valence electrons. The minimum atomic E-state index is -4.51. The summed E-state index contributed by atoms with van der Waals surface area (Å²) >= 11 is 1.39. The molecule has 0 saturated carbocycles. The lowest BCUT2D eigenvalue weighted by Gasteiger charge is -2.35. The van der Waals surface area contributed by atoms with Crippen molar-refractivity contribution < 1.29 is 22.3 Å². The van der Waals surface area contributed by atoms with Crippen LogP contribution in [0.25, 0.3) is 11.1 Å². The number of aliphatic imine (C=N–C) groups is 1. The van der Waals surface area contributed by atoms with Crippen LogP contribution in [0.5, 0.6) is 0 Å². The number of aromatic nitrogens is 1. The summed E-state index contributed by atoms with van der Waals surface area (Å²) in [6.45, 7) is 2.07. The lowest BCUT2D eigenvalue weighted by atomic mass is 9.78. The Morgan fingerprint density at radius 1 is 1.21 bits per heavy atom. The molecule has 0 spiro atoms. The largest absolute Gasteiger partial charge is 0.417 e. The Hall–Kier alpha value is -2.13. The SMILES string of the molecule is C[C@H]1OC[C@]2(c3cc(-c4cncc(C(F)(F)F)c4)ccc3F)N=C(N)SC[C@H]12. The zero-order chi connectivity index (χ0) is 20.1. The average Bonchev–Trinajstić information content (AvgIpc) is 2.98. The molecule has 3 heterocycles. The van der Waals surface area contributed by atoms with Crippen molar-refractivity contribution in [2.45, 2.75) is 24.7 Å². The van der Waals surface area contributed by atoms with Crippen LogP contribution in [0.3, 0.4) is 0 Å². The molecule has 1 fully saturated rings. The van der Waals surface area contributed by atoms with E-state index in [2.05, 4.69) is 9.98 Å². The number of amidine groups is 1. The molecule has 2 aliphatic heterocycles. The second-order valence-electron chi connectivity index (χ2n) is 6.96. The summed E-state index contributed by atoms with van der Waals surface area (Å²) in [6, 6.07) is 5.22. The van der Waals surface area contributed by atoms with E-state index in [4.69, 9.17) is 10.5 Å². The van der Waals surface area contributed by atoms with Crippen molar-refractivity contribution in [1.29, 1.82) is 0 Å². The summed E-state index contributed by atoms with van der Waals surface area (Å²) in [7, 11) is 0. The Labute approximate surface area is 163 Å². The highest BCUT2D eigenvalue weighted by molar-refractivity contribution is 8.13. The van der Waals surface area contributed by atoms with Crippen molar-refractivity contribution in [3.63, 3.8) is 0 Å². The fraction of sp³-hybridized carbons (Fsp3) is 0.368. The highest BCUT2D eigenvalue weighted by Gasteiger charge is 2.52. The van der Waals surface area contributed by atoms with Crippen LogP contribution in [0.2, 0.25) is 0 Å². The van der Waals surface area contributed by atoms with Gasteiger partial charge in [0, 0.05) is 35.2 Å². The molecule has 1 saturated heterocycles. The number of benzene rings is 1.